The number of methoxy groups -OCH3 is 1. The average molecular weight is 304 g/mol. The molecule has 0 spiro atoms. The molecule has 1 N–H and O–H groups in total. The Bertz CT molecular complexity index is 527. The van der Waals surface area contributed by atoms with Crippen molar-refractivity contribution in [2.45, 2.75) is 25.8 Å². The van der Waals surface area contributed by atoms with Crippen molar-refractivity contribution < 1.29 is 14.3 Å². The molecule has 0 saturated carbocycles. The number of carbonyl (C=O) groups is 2. The fourth-order valence-electron chi connectivity index (χ4n) is 2.94. The van der Waals surface area contributed by atoms with Crippen LogP contribution >= 0.6 is 0 Å². The van der Waals surface area contributed by atoms with Crippen LogP contribution in [-0.2, 0) is 14.3 Å². The Kier molecular flexibility index (Phi) is 5.55. The van der Waals surface area contributed by atoms with E-state index in [0.29, 0.717) is 26.0 Å². The van der Waals surface area contributed by atoms with Crippen molar-refractivity contribution in [2.24, 2.45) is 5.92 Å². The van der Waals surface area contributed by atoms with E-state index in [1.807, 2.05) is 31.2 Å². The molecule has 1 aliphatic heterocycles. The zero-order valence-corrected chi connectivity index (χ0v) is 13.5. The van der Waals surface area contributed by atoms with Crippen molar-refractivity contribution in [1.82, 2.24) is 10.2 Å². The van der Waals surface area contributed by atoms with Crippen molar-refractivity contribution in [3.05, 3.63) is 35.4 Å². The monoisotopic (exact) mass is 304 g/mol. The number of benzene rings is 1. The highest BCUT2D eigenvalue weighted by Gasteiger charge is 2.38. The van der Waals surface area contributed by atoms with Crippen LogP contribution in [0.1, 0.15) is 30.0 Å². The van der Waals surface area contributed by atoms with Gasteiger partial charge in [0.1, 0.15) is 0 Å². The lowest BCUT2D eigenvalue weighted by Crippen LogP contribution is -2.46. The molecule has 5 heteroatoms. The number of amides is 2. The minimum atomic E-state index is -0.220. The second-order valence-electron chi connectivity index (χ2n) is 5.79. The minimum absolute atomic E-state index is 0.0121. The molecule has 22 heavy (non-hydrogen) atoms. The first kappa shape index (κ1) is 16.5. The van der Waals surface area contributed by atoms with Crippen LogP contribution in [0.25, 0.3) is 0 Å². The van der Waals surface area contributed by atoms with Crippen LogP contribution in [-0.4, -0.2) is 44.0 Å². The molecule has 2 amide bonds. The van der Waals surface area contributed by atoms with Crippen LogP contribution in [0.5, 0.6) is 0 Å². The van der Waals surface area contributed by atoms with Gasteiger partial charge in [-0.3, -0.25) is 9.59 Å². The van der Waals surface area contributed by atoms with Gasteiger partial charge >= 0.3 is 0 Å². The molecule has 2 rings (SSSR count). The van der Waals surface area contributed by atoms with E-state index in [4.69, 9.17) is 4.74 Å². The number of ether oxygens (including phenoxy) is 1. The lowest BCUT2D eigenvalue weighted by molar-refractivity contribution is -0.141. The number of hydrogen-bond donors (Lipinski definition) is 1. The maximum Gasteiger partial charge on any atom is 0.225 e. The van der Waals surface area contributed by atoms with E-state index >= 15 is 0 Å². The van der Waals surface area contributed by atoms with Gasteiger partial charge in [-0.1, -0.05) is 29.8 Å². The molecule has 1 aromatic carbocycles. The number of likely N-dealkylation sites (tertiary alicyclic amines) is 1. The molecule has 0 aliphatic carbocycles. The van der Waals surface area contributed by atoms with Crippen LogP contribution in [0.2, 0.25) is 0 Å². The maximum absolute atomic E-state index is 12.5. The van der Waals surface area contributed by atoms with E-state index in [1.54, 1.807) is 19.1 Å². The number of carbonyl (C=O) groups excluding carboxylic acids is 2. The zero-order valence-electron chi connectivity index (χ0n) is 13.5. The molecule has 0 radical (unpaired) electrons. The predicted octanol–water partition coefficient (Wildman–Crippen LogP) is 1.67. The van der Waals surface area contributed by atoms with Crippen molar-refractivity contribution >= 4 is 11.8 Å². The van der Waals surface area contributed by atoms with Gasteiger partial charge in [-0.15, -0.1) is 0 Å². The Labute approximate surface area is 131 Å². The normalized spacial score (nSPS) is 21.8. The Morgan fingerprint density at radius 2 is 2.05 bits per heavy atom. The van der Waals surface area contributed by atoms with E-state index in [-0.39, 0.29) is 23.8 Å². The summed E-state index contributed by atoms with van der Waals surface area (Å²) in [4.78, 5) is 26.2. The summed E-state index contributed by atoms with van der Waals surface area (Å²) in [6.45, 7) is 3.00. The van der Waals surface area contributed by atoms with E-state index < -0.39 is 0 Å². The lowest BCUT2D eigenvalue weighted by atomic mass is 9.83. The molecule has 120 valence electrons. The summed E-state index contributed by atoms with van der Waals surface area (Å²) in [6, 6.07) is 7.84. The first-order valence-corrected chi connectivity index (χ1v) is 7.63. The minimum Gasteiger partial charge on any atom is -0.383 e. The number of aryl methyl sites for hydroxylation is 1. The molecule has 0 aromatic heterocycles. The molecule has 0 bridgehead atoms. The van der Waals surface area contributed by atoms with Gasteiger partial charge in [0.15, 0.2) is 0 Å². The SMILES string of the molecule is COCCNC(=O)[C@@H]1CCC(=O)N(C)[C@H]1c1ccc(C)cc1. The van der Waals surface area contributed by atoms with E-state index in [9.17, 15) is 9.59 Å². The standard InChI is InChI=1S/C17H24N2O3/c1-12-4-6-13(7-5-12)16-14(8-9-15(20)19(16)2)17(21)18-10-11-22-3/h4-7,14,16H,8-11H2,1-3H3,(H,18,21)/t14-,16+/m1/s1. The molecule has 0 unspecified atom stereocenters. The number of nitrogens with zero attached hydrogens (tertiary/aromatic N) is 1. The summed E-state index contributed by atoms with van der Waals surface area (Å²) in [5.41, 5.74) is 2.17. The van der Waals surface area contributed by atoms with Gasteiger partial charge in [0.05, 0.1) is 18.6 Å². The second-order valence-corrected chi connectivity index (χ2v) is 5.79. The Hall–Kier alpha value is -1.88. The number of nitrogens with one attached hydrogen (secondary N) is 1. The first-order valence-electron chi connectivity index (χ1n) is 7.63. The lowest BCUT2D eigenvalue weighted by Gasteiger charge is -2.38. The van der Waals surface area contributed by atoms with E-state index in [1.165, 1.54) is 0 Å². The topological polar surface area (TPSA) is 58.6 Å². The molecule has 1 saturated heterocycles. The molecule has 2 atom stereocenters. The van der Waals surface area contributed by atoms with Crippen molar-refractivity contribution in [3.8, 4) is 0 Å². The number of piperidine rings is 1. The number of hydrogen-bond acceptors (Lipinski definition) is 3. The fourth-order valence-corrected chi connectivity index (χ4v) is 2.94. The van der Waals surface area contributed by atoms with Crippen LogP contribution in [0.15, 0.2) is 24.3 Å². The van der Waals surface area contributed by atoms with Gasteiger partial charge in [0, 0.05) is 27.1 Å². The third-order valence-electron chi connectivity index (χ3n) is 4.22. The summed E-state index contributed by atoms with van der Waals surface area (Å²) < 4.78 is 4.96. The van der Waals surface area contributed by atoms with Gasteiger partial charge in [0.25, 0.3) is 0 Å². The fraction of sp³-hybridized carbons (Fsp3) is 0.529. The third-order valence-corrected chi connectivity index (χ3v) is 4.22. The van der Waals surface area contributed by atoms with Crippen LogP contribution < -0.4 is 5.32 Å². The largest absolute Gasteiger partial charge is 0.383 e. The van der Waals surface area contributed by atoms with Gasteiger partial charge in [0.2, 0.25) is 11.8 Å². The highest BCUT2D eigenvalue weighted by Crippen LogP contribution is 2.35. The van der Waals surface area contributed by atoms with Crippen LogP contribution in [0, 0.1) is 12.8 Å². The van der Waals surface area contributed by atoms with Gasteiger partial charge in [-0.2, -0.15) is 0 Å². The first-order chi connectivity index (χ1) is 10.5. The van der Waals surface area contributed by atoms with Crippen LogP contribution in [0.3, 0.4) is 0 Å². The quantitative estimate of drug-likeness (QED) is 0.842. The molecule has 1 fully saturated rings. The van der Waals surface area contributed by atoms with Gasteiger partial charge < -0.3 is 15.0 Å². The summed E-state index contributed by atoms with van der Waals surface area (Å²) in [7, 11) is 3.38. The summed E-state index contributed by atoms with van der Waals surface area (Å²) >= 11 is 0. The summed E-state index contributed by atoms with van der Waals surface area (Å²) in [5, 5.41) is 2.90. The van der Waals surface area contributed by atoms with Crippen molar-refractivity contribution in [1.29, 1.82) is 0 Å². The molecule has 5 nitrogen and oxygen atoms in total. The van der Waals surface area contributed by atoms with Gasteiger partial charge in [-0.25, -0.2) is 0 Å². The van der Waals surface area contributed by atoms with Gasteiger partial charge in [-0.05, 0) is 18.9 Å². The molecular formula is C17H24N2O3. The Morgan fingerprint density at radius 3 is 2.68 bits per heavy atom. The Morgan fingerprint density at radius 1 is 1.36 bits per heavy atom. The Balaban J connectivity index is 2.20. The molecule has 1 heterocycles. The second kappa shape index (κ2) is 7.40. The van der Waals surface area contributed by atoms with Crippen LogP contribution in [0.4, 0.5) is 0 Å². The highest BCUT2D eigenvalue weighted by molar-refractivity contribution is 5.84. The summed E-state index contributed by atoms with van der Waals surface area (Å²) in [5.74, 6) is -0.143. The number of rotatable bonds is 5. The average Bonchev–Trinajstić information content (AvgIpc) is 2.51. The third kappa shape index (κ3) is 3.65. The maximum atomic E-state index is 12.5. The summed E-state index contributed by atoms with van der Waals surface area (Å²) in [6.07, 6.45) is 1.00. The van der Waals surface area contributed by atoms with E-state index in [0.717, 1.165) is 11.1 Å². The predicted molar refractivity (Wildman–Crippen MR) is 84.3 cm³/mol. The molecule has 1 aliphatic rings. The molecular weight excluding hydrogens is 280 g/mol. The van der Waals surface area contributed by atoms with E-state index in [2.05, 4.69) is 5.32 Å². The zero-order chi connectivity index (χ0) is 16.1. The smallest absolute Gasteiger partial charge is 0.225 e. The van der Waals surface area contributed by atoms with Crippen molar-refractivity contribution in [2.75, 3.05) is 27.3 Å². The van der Waals surface area contributed by atoms with Crippen molar-refractivity contribution in [3.63, 3.8) is 0 Å². The molecule has 1 aromatic rings. The highest BCUT2D eigenvalue weighted by atomic mass is 16.5.